The van der Waals surface area contributed by atoms with Crippen LogP contribution in [0.2, 0.25) is 0 Å². The molecular formula is C26H32N2O5. The zero-order valence-corrected chi connectivity index (χ0v) is 19.5. The van der Waals surface area contributed by atoms with Gasteiger partial charge in [0.1, 0.15) is 0 Å². The van der Waals surface area contributed by atoms with Gasteiger partial charge in [0.25, 0.3) is 5.91 Å². The molecule has 1 aliphatic heterocycles. The van der Waals surface area contributed by atoms with Crippen LogP contribution in [0.3, 0.4) is 0 Å². The first-order valence-corrected chi connectivity index (χ1v) is 11.4. The van der Waals surface area contributed by atoms with Gasteiger partial charge in [-0.1, -0.05) is 37.3 Å². The highest BCUT2D eigenvalue weighted by Crippen LogP contribution is 2.28. The number of carbonyl (C=O) groups is 3. The number of piperidine rings is 1. The van der Waals surface area contributed by atoms with Crippen molar-refractivity contribution in [3.05, 3.63) is 59.7 Å². The van der Waals surface area contributed by atoms with E-state index in [9.17, 15) is 14.4 Å². The Morgan fingerprint density at radius 3 is 2.36 bits per heavy atom. The van der Waals surface area contributed by atoms with Crippen molar-refractivity contribution in [3.63, 3.8) is 0 Å². The largest absolute Gasteiger partial charge is 0.493 e. The number of carbonyl (C=O) groups excluding carboxylic acids is 3. The second-order valence-corrected chi connectivity index (χ2v) is 8.25. The fourth-order valence-electron chi connectivity index (χ4n) is 4.12. The second-order valence-electron chi connectivity index (χ2n) is 8.25. The van der Waals surface area contributed by atoms with E-state index in [0.717, 1.165) is 12.0 Å². The predicted molar refractivity (Wildman–Crippen MR) is 126 cm³/mol. The molecular weight excluding hydrogens is 420 g/mol. The molecule has 1 aliphatic rings. The lowest BCUT2D eigenvalue weighted by molar-refractivity contribution is -0.134. The number of amides is 2. The lowest BCUT2D eigenvalue weighted by Crippen LogP contribution is -2.48. The number of benzene rings is 2. The van der Waals surface area contributed by atoms with Crippen LogP contribution in [0.5, 0.6) is 11.5 Å². The van der Waals surface area contributed by atoms with Crippen molar-refractivity contribution in [3.8, 4) is 11.5 Å². The second kappa shape index (κ2) is 11.5. The maximum atomic E-state index is 13.0. The standard InChI is InChI=1S/C26H32N2O5/c1-4-22(19-8-6-5-7-9-19)26(31)28-14-12-21(13-15-28)27-25(30)17-33-23-11-10-20(18(2)29)16-24(23)32-3/h5-11,16,21-22H,4,12-15,17H2,1-3H3,(H,27,30). The van der Waals surface area contributed by atoms with E-state index in [1.165, 1.54) is 14.0 Å². The average molecular weight is 453 g/mol. The number of rotatable bonds is 9. The number of likely N-dealkylation sites (tertiary alicyclic amines) is 1. The molecule has 0 bridgehead atoms. The molecule has 0 saturated carbocycles. The zero-order chi connectivity index (χ0) is 23.8. The summed E-state index contributed by atoms with van der Waals surface area (Å²) in [5.74, 6) is 0.536. The van der Waals surface area contributed by atoms with Crippen molar-refractivity contribution >= 4 is 17.6 Å². The number of hydrogen-bond donors (Lipinski definition) is 1. The lowest BCUT2D eigenvalue weighted by atomic mass is 9.93. The molecule has 1 fully saturated rings. The quantitative estimate of drug-likeness (QED) is 0.588. The molecule has 2 aromatic carbocycles. The van der Waals surface area contributed by atoms with E-state index in [1.807, 2.05) is 42.2 Å². The molecule has 0 aromatic heterocycles. The summed E-state index contributed by atoms with van der Waals surface area (Å²) in [6, 6.07) is 14.8. The Labute approximate surface area is 195 Å². The zero-order valence-electron chi connectivity index (χ0n) is 19.5. The van der Waals surface area contributed by atoms with E-state index in [-0.39, 0.29) is 36.2 Å². The summed E-state index contributed by atoms with van der Waals surface area (Å²) in [5.41, 5.74) is 1.56. The highest BCUT2D eigenvalue weighted by atomic mass is 16.5. The van der Waals surface area contributed by atoms with Crippen molar-refractivity contribution < 1.29 is 23.9 Å². The summed E-state index contributed by atoms with van der Waals surface area (Å²) >= 11 is 0. The SMILES string of the molecule is CCC(C(=O)N1CCC(NC(=O)COc2ccc(C(C)=O)cc2OC)CC1)c1ccccc1. The summed E-state index contributed by atoms with van der Waals surface area (Å²) in [5, 5.41) is 2.99. The van der Waals surface area contributed by atoms with E-state index in [1.54, 1.807) is 18.2 Å². The molecule has 7 heteroatoms. The number of Topliss-reactive ketones (excluding diaryl/α,β-unsaturated/α-hetero) is 1. The molecule has 1 N–H and O–H groups in total. The van der Waals surface area contributed by atoms with Gasteiger partial charge in [0.05, 0.1) is 13.0 Å². The first-order chi connectivity index (χ1) is 15.9. The molecule has 1 unspecified atom stereocenters. The Kier molecular flexibility index (Phi) is 8.46. The van der Waals surface area contributed by atoms with E-state index < -0.39 is 0 Å². The van der Waals surface area contributed by atoms with Crippen molar-refractivity contribution in [1.82, 2.24) is 10.2 Å². The first-order valence-electron chi connectivity index (χ1n) is 11.4. The van der Waals surface area contributed by atoms with E-state index >= 15 is 0 Å². The smallest absolute Gasteiger partial charge is 0.258 e. The Hall–Kier alpha value is -3.35. The van der Waals surface area contributed by atoms with Gasteiger partial charge in [0.2, 0.25) is 5.91 Å². The number of ketones is 1. The van der Waals surface area contributed by atoms with Crippen molar-refractivity contribution in [2.75, 3.05) is 26.8 Å². The highest BCUT2D eigenvalue weighted by molar-refractivity contribution is 5.94. The van der Waals surface area contributed by atoms with Crippen molar-refractivity contribution in [2.24, 2.45) is 0 Å². The Morgan fingerprint density at radius 1 is 1.06 bits per heavy atom. The topological polar surface area (TPSA) is 84.9 Å². The molecule has 176 valence electrons. The fraction of sp³-hybridized carbons (Fsp3) is 0.423. The van der Waals surface area contributed by atoms with Crippen LogP contribution in [0.25, 0.3) is 0 Å². The van der Waals surface area contributed by atoms with Gasteiger partial charge in [0.15, 0.2) is 23.9 Å². The first kappa shape index (κ1) is 24.3. The van der Waals surface area contributed by atoms with E-state index in [4.69, 9.17) is 9.47 Å². The minimum atomic E-state index is -0.229. The molecule has 33 heavy (non-hydrogen) atoms. The Bertz CT molecular complexity index is 968. The van der Waals surface area contributed by atoms with Gasteiger partial charge in [0, 0.05) is 24.7 Å². The summed E-state index contributed by atoms with van der Waals surface area (Å²) in [6.45, 7) is 4.60. The molecule has 0 aliphatic carbocycles. The normalized spacial score (nSPS) is 14.9. The van der Waals surface area contributed by atoms with Crippen LogP contribution in [-0.4, -0.2) is 55.3 Å². The summed E-state index contributed by atoms with van der Waals surface area (Å²) in [4.78, 5) is 38.9. The summed E-state index contributed by atoms with van der Waals surface area (Å²) in [7, 11) is 1.49. The number of methoxy groups -OCH3 is 1. The van der Waals surface area contributed by atoms with Crippen LogP contribution in [0, 0.1) is 0 Å². The van der Waals surface area contributed by atoms with Crippen LogP contribution in [0.15, 0.2) is 48.5 Å². The molecule has 1 saturated heterocycles. The fourth-order valence-corrected chi connectivity index (χ4v) is 4.12. The van der Waals surface area contributed by atoms with Gasteiger partial charge < -0.3 is 19.7 Å². The van der Waals surface area contributed by atoms with Crippen LogP contribution >= 0.6 is 0 Å². The van der Waals surface area contributed by atoms with Gasteiger partial charge in [-0.15, -0.1) is 0 Å². The molecule has 2 aromatic rings. The third kappa shape index (κ3) is 6.34. The molecule has 2 amide bonds. The third-order valence-corrected chi connectivity index (χ3v) is 6.01. The van der Waals surface area contributed by atoms with E-state index in [2.05, 4.69) is 5.32 Å². The average Bonchev–Trinajstić information content (AvgIpc) is 2.84. The monoisotopic (exact) mass is 452 g/mol. The van der Waals surface area contributed by atoms with Crippen molar-refractivity contribution in [2.45, 2.75) is 45.1 Å². The molecule has 7 nitrogen and oxygen atoms in total. The molecule has 1 heterocycles. The number of hydrogen-bond acceptors (Lipinski definition) is 5. The van der Waals surface area contributed by atoms with Gasteiger partial charge in [-0.05, 0) is 49.9 Å². The van der Waals surface area contributed by atoms with Crippen molar-refractivity contribution in [1.29, 1.82) is 0 Å². The van der Waals surface area contributed by atoms with Crippen LogP contribution in [-0.2, 0) is 9.59 Å². The summed E-state index contributed by atoms with van der Waals surface area (Å²) in [6.07, 6.45) is 2.17. The number of ether oxygens (including phenoxy) is 2. The number of nitrogens with zero attached hydrogens (tertiary/aromatic N) is 1. The van der Waals surface area contributed by atoms with Crippen LogP contribution < -0.4 is 14.8 Å². The minimum Gasteiger partial charge on any atom is -0.493 e. The van der Waals surface area contributed by atoms with Gasteiger partial charge in [-0.25, -0.2) is 0 Å². The molecule has 1 atom stereocenters. The Morgan fingerprint density at radius 2 is 1.76 bits per heavy atom. The lowest BCUT2D eigenvalue weighted by Gasteiger charge is -2.34. The molecule has 0 spiro atoms. The maximum absolute atomic E-state index is 13.0. The van der Waals surface area contributed by atoms with E-state index in [0.29, 0.717) is 43.0 Å². The predicted octanol–water partition coefficient (Wildman–Crippen LogP) is 3.58. The van der Waals surface area contributed by atoms with Crippen LogP contribution in [0.4, 0.5) is 0 Å². The highest BCUT2D eigenvalue weighted by Gasteiger charge is 2.28. The van der Waals surface area contributed by atoms with Gasteiger partial charge >= 0.3 is 0 Å². The Balaban J connectivity index is 1.47. The third-order valence-electron chi connectivity index (χ3n) is 6.01. The molecule has 0 radical (unpaired) electrons. The number of nitrogens with one attached hydrogen (secondary N) is 1. The van der Waals surface area contributed by atoms with Crippen LogP contribution in [0.1, 0.15) is 54.9 Å². The molecule has 3 rings (SSSR count). The van der Waals surface area contributed by atoms with Gasteiger partial charge in [-0.3, -0.25) is 14.4 Å². The minimum absolute atomic E-state index is 0.00364. The maximum Gasteiger partial charge on any atom is 0.258 e. The summed E-state index contributed by atoms with van der Waals surface area (Å²) < 4.78 is 10.9. The van der Waals surface area contributed by atoms with Gasteiger partial charge in [-0.2, -0.15) is 0 Å².